The lowest BCUT2D eigenvalue weighted by Crippen LogP contribution is -2.02. The highest BCUT2D eigenvalue weighted by Gasteiger charge is 2.03. The van der Waals surface area contributed by atoms with Gasteiger partial charge in [0.05, 0.1) is 14.2 Å². The van der Waals surface area contributed by atoms with E-state index < -0.39 is 0 Å². The van der Waals surface area contributed by atoms with Gasteiger partial charge in [-0.05, 0) is 30.5 Å². The topological polar surface area (TPSA) is 35.5 Å². The molecule has 1 aromatic carbocycles. The molecule has 0 saturated carbocycles. The van der Waals surface area contributed by atoms with Crippen molar-refractivity contribution in [3.05, 3.63) is 29.3 Å². The molecule has 1 rings (SSSR count). The Morgan fingerprint density at radius 1 is 1.33 bits per heavy atom. The molecule has 0 saturated heterocycles. The van der Waals surface area contributed by atoms with Gasteiger partial charge in [-0.15, -0.1) is 0 Å². The third kappa shape index (κ3) is 3.27. The van der Waals surface area contributed by atoms with Crippen LogP contribution < -0.4 is 4.74 Å². The van der Waals surface area contributed by atoms with Gasteiger partial charge in [-0.25, -0.2) is 0 Å². The summed E-state index contributed by atoms with van der Waals surface area (Å²) in [6.07, 6.45) is 1.12. The molecule has 0 fully saturated rings. The number of hydrogen-bond donors (Lipinski definition) is 0. The molecular weight excluding hydrogens is 192 g/mol. The zero-order valence-corrected chi connectivity index (χ0v) is 9.37. The fourth-order valence-electron chi connectivity index (χ4n) is 1.44. The molecule has 1 aromatic rings. The third-order valence-electron chi connectivity index (χ3n) is 2.30. The normalized spacial score (nSPS) is 9.80. The van der Waals surface area contributed by atoms with Crippen LogP contribution in [-0.4, -0.2) is 20.2 Å². The van der Waals surface area contributed by atoms with Gasteiger partial charge in [-0.2, -0.15) is 0 Å². The van der Waals surface area contributed by atoms with Crippen LogP contribution in [0.25, 0.3) is 0 Å². The van der Waals surface area contributed by atoms with Crippen LogP contribution in [0, 0.1) is 6.92 Å². The van der Waals surface area contributed by atoms with E-state index in [0.29, 0.717) is 12.8 Å². The number of carbonyl (C=O) groups excluding carboxylic acids is 1. The van der Waals surface area contributed by atoms with Crippen LogP contribution in [0.1, 0.15) is 17.5 Å². The maximum Gasteiger partial charge on any atom is 0.305 e. The average Bonchev–Trinajstić information content (AvgIpc) is 2.26. The van der Waals surface area contributed by atoms with E-state index in [1.165, 1.54) is 7.11 Å². The third-order valence-corrected chi connectivity index (χ3v) is 2.30. The Morgan fingerprint density at radius 3 is 2.60 bits per heavy atom. The Labute approximate surface area is 90.0 Å². The summed E-state index contributed by atoms with van der Waals surface area (Å²) in [4.78, 5) is 10.9. The summed E-state index contributed by atoms with van der Waals surface area (Å²) in [5.41, 5.74) is 2.21. The molecule has 0 atom stereocenters. The maximum atomic E-state index is 10.9. The number of esters is 1. The molecule has 0 aliphatic rings. The van der Waals surface area contributed by atoms with Crippen molar-refractivity contribution in [2.75, 3.05) is 14.2 Å². The highest BCUT2D eigenvalue weighted by atomic mass is 16.5. The summed E-state index contributed by atoms with van der Waals surface area (Å²) < 4.78 is 9.74. The monoisotopic (exact) mass is 208 g/mol. The smallest absolute Gasteiger partial charge is 0.305 e. The van der Waals surface area contributed by atoms with Crippen molar-refractivity contribution in [2.45, 2.75) is 19.8 Å². The van der Waals surface area contributed by atoms with Crippen molar-refractivity contribution >= 4 is 5.97 Å². The molecule has 0 unspecified atom stereocenters. The number of benzene rings is 1. The van der Waals surface area contributed by atoms with Gasteiger partial charge in [-0.3, -0.25) is 4.79 Å². The molecule has 0 radical (unpaired) electrons. The fraction of sp³-hybridized carbons (Fsp3) is 0.417. The van der Waals surface area contributed by atoms with Crippen molar-refractivity contribution in [3.8, 4) is 5.75 Å². The van der Waals surface area contributed by atoms with Crippen LogP contribution in [0.4, 0.5) is 0 Å². The number of methoxy groups -OCH3 is 2. The summed E-state index contributed by atoms with van der Waals surface area (Å²) >= 11 is 0. The predicted molar refractivity (Wildman–Crippen MR) is 58.1 cm³/mol. The maximum absolute atomic E-state index is 10.9. The van der Waals surface area contributed by atoms with Gasteiger partial charge in [-0.1, -0.05) is 12.1 Å². The fourth-order valence-corrected chi connectivity index (χ4v) is 1.44. The second kappa shape index (κ2) is 5.39. The van der Waals surface area contributed by atoms with E-state index in [0.717, 1.165) is 16.9 Å². The Hall–Kier alpha value is -1.51. The number of ether oxygens (including phenoxy) is 2. The van der Waals surface area contributed by atoms with Crippen molar-refractivity contribution in [2.24, 2.45) is 0 Å². The van der Waals surface area contributed by atoms with E-state index in [2.05, 4.69) is 4.74 Å². The Kier molecular flexibility index (Phi) is 4.16. The van der Waals surface area contributed by atoms with Crippen LogP contribution >= 0.6 is 0 Å². The lowest BCUT2D eigenvalue weighted by Gasteiger charge is -2.06. The standard InChI is InChI=1S/C12H16O3/c1-9-8-10(4-6-11(9)14-2)5-7-12(13)15-3/h4,6,8H,5,7H2,1-3H3. The molecule has 0 aromatic heterocycles. The van der Waals surface area contributed by atoms with E-state index in [4.69, 9.17) is 4.74 Å². The molecule has 0 aliphatic heterocycles. The molecule has 3 heteroatoms. The number of aryl methyl sites for hydroxylation is 2. The van der Waals surface area contributed by atoms with Crippen LogP contribution in [0.2, 0.25) is 0 Å². The first kappa shape index (κ1) is 11.6. The first-order valence-corrected chi connectivity index (χ1v) is 4.87. The first-order valence-electron chi connectivity index (χ1n) is 4.87. The van der Waals surface area contributed by atoms with Crippen LogP contribution in [0.5, 0.6) is 5.75 Å². The van der Waals surface area contributed by atoms with Gasteiger partial charge in [0, 0.05) is 6.42 Å². The lowest BCUT2D eigenvalue weighted by atomic mass is 10.1. The lowest BCUT2D eigenvalue weighted by molar-refractivity contribution is -0.140. The van der Waals surface area contributed by atoms with Crippen molar-refractivity contribution in [1.29, 1.82) is 0 Å². The largest absolute Gasteiger partial charge is 0.496 e. The van der Waals surface area contributed by atoms with Gasteiger partial charge in [0.25, 0.3) is 0 Å². The Bertz CT molecular complexity index is 345. The summed E-state index contributed by atoms with van der Waals surface area (Å²) in [5.74, 6) is 0.695. The van der Waals surface area contributed by atoms with E-state index in [1.807, 2.05) is 25.1 Å². The summed E-state index contributed by atoms with van der Waals surface area (Å²) in [6, 6.07) is 5.92. The summed E-state index contributed by atoms with van der Waals surface area (Å²) in [6.45, 7) is 1.99. The zero-order chi connectivity index (χ0) is 11.3. The molecule has 82 valence electrons. The Balaban J connectivity index is 2.63. The minimum absolute atomic E-state index is 0.177. The van der Waals surface area contributed by atoms with E-state index in [1.54, 1.807) is 7.11 Å². The number of rotatable bonds is 4. The molecule has 0 bridgehead atoms. The van der Waals surface area contributed by atoms with Gasteiger partial charge in [0.1, 0.15) is 5.75 Å². The molecule has 15 heavy (non-hydrogen) atoms. The van der Waals surface area contributed by atoms with E-state index >= 15 is 0 Å². The van der Waals surface area contributed by atoms with Gasteiger partial charge in [0.2, 0.25) is 0 Å². The van der Waals surface area contributed by atoms with Crippen LogP contribution in [0.3, 0.4) is 0 Å². The van der Waals surface area contributed by atoms with E-state index in [9.17, 15) is 4.79 Å². The number of carbonyl (C=O) groups is 1. The molecule has 3 nitrogen and oxygen atoms in total. The zero-order valence-electron chi connectivity index (χ0n) is 9.37. The van der Waals surface area contributed by atoms with Crippen molar-refractivity contribution in [1.82, 2.24) is 0 Å². The molecule has 0 N–H and O–H groups in total. The summed E-state index contributed by atoms with van der Waals surface area (Å²) in [5, 5.41) is 0. The second-order valence-corrected chi connectivity index (χ2v) is 3.38. The quantitative estimate of drug-likeness (QED) is 0.711. The minimum Gasteiger partial charge on any atom is -0.496 e. The average molecular weight is 208 g/mol. The van der Waals surface area contributed by atoms with Crippen LogP contribution in [-0.2, 0) is 16.0 Å². The second-order valence-electron chi connectivity index (χ2n) is 3.38. The minimum atomic E-state index is -0.177. The van der Waals surface area contributed by atoms with Gasteiger partial charge in [0.15, 0.2) is 0 Å². The highest BCUT2D eigenvalue weighted by molar-refractivity contribution is 5.69. The van der Waals surface area contributed by atoms with Crippen molar-refractivity contribution < 1.29 is 14.3 Å². The predicted octanol–water partition coefficient (Wildman–Crippen LogP) is 2.11. The SMILES string of the molecule is COC(=O)CCc1ccc(OC)c(C)c1. The molecule has 0 heterocycles. The molecule has 0 aliphatic carbocycles. The van der Waals surface area contributed by atoms with Crippen LogP contribution in [0.15, 0.2) is 18.2 Å². The van der Waals surface area contributed by atoms with Crippen molar-refractivity contribution in [3.63, 3.8) is 0 Å². The first-order chi connectivity index (χ1) is 7.17. The Morgan fingerprint density at radius 2 is 2.07 bits per heavy atom. The van der Waals surface area contributed by atoms with Gasteiger partial charge >= 0.3 is 5.97 Å². The molecule has 0 amide bonds. The molecule has 0 spiro atoms. The summed E-state index contributed by atoms with van der Waals surface area (Å²) in [7, 11) is 3.05. The molecular formula is C12H16O3. The highest BCUT2D eigenvalue weighted by Crippen LogP contribution is 2.19. The number of hydrogen-bond acceptors (Lipinski definition) is 3. The van der Waals surface area contributed by atoms with Gasteiger partial charge < -0.3 is 9.47 Å². The van der Waals surface area contributed by atoms with E-state index in [-0.39, 0.29) is 5.97 Å².